The number of hydrogen-bond acceptors (Lipinski definition) is 6. The molecule has 0 aliphatic carbocycles. The second kappa shape index (κ2) is 7.98. The number of rotatable bonds is 5. The number of carbonyl (C=O) groups is 1. The largest absolute Gasteiger partial charge is 0.338 e. The van der Waals surface area contributed by atoms with Crippen LogP contribution in [0.5, 0.6) is 0 Å². The van der Waals surface area contributed by atoms with Crippen molar-refractivity contribution in [3.05, 3.63) is 53.5 Å². The zero-order valence-corrected chi connectivity index (χ0v) is 15.4. The Hall–Kier alpha value is -2.58. The van der Waals surface area contributed by atoms with Crippen LogP contribution in [0.3, 0.4) is 0 Å². The van der Waals surface area contributed by atoms with Crippen LogP contribution in [-0.2, 0) is 11.3 Å². The van der Waals surface area contributed by atoms with E-state index in [0.717, 1.165) is 18.0 Å². The Morgan fingerprint density at radius 3 is 2.81 bits per heavy atom. The number of nitrogens with zero attached hydrogens (tertiary/aromatic N) is 3. The number of para-hydroxylation sites is 1. The van der Waals surface area contributed by atoms with E-state index in [1.807, 2.05) is 17.5 Å². The number of nitrogens with one attached hydrogen (secondary N) is 1. The monoisotopic (exact) mass is 386 g/mol. The second-order valence-electron chi connectivity index (χ2n) is 6.51. The zero-order valence-electron chi connectivity index (χ0n) is 14.6. The number of carbonyl (C=O) groups excluding carboxylic acids is 1. The Balaban J connectivity index is 1.29. The molecule has 1 N–H and O–H groups in total. The van der Waals surface area contributed by atoms with Crippen molar-refractivity contribution in [2.45, 2.75) is 19.4 Å². The van der Waals surface area contributed by atoms with Gasteiger partial charge in [0, 0.05) is 5.92 Å². The molecule has 3 aromatic rings. The van der Waals surface area contributed by atoms with Gasteiger partial charge < -0.3 is 9.84 Å². The van der Waals surface area contributed by atoms with Crippen LogP contribution in [0.25, 0.3) is 10.7 Å². The van der Waals surface area contributed by atoms with Gasteiger partial charge in [0.05, 0.1) is 17.1 Å². The number of aromatic nitrogens is 2. The van der Waals surface area contributed by atoms with Crippen LogP contribution >= 0.6 is 11.3 Å². The molecule has 27 heavy (non-hydrogen) atoms. The van der Waals surface area contributed by atoms with E-state index in [0.29, 0.717) is 31.1 Å². The fourth-order valence-electron chi connectivity index (χ4n) is 3.17. The van der Waals surface area contributed by atoms with Gasteiger partial charge in [0.25, 0.3) is 0 Å². The first-order chi connectivity index (χ1) is 13.2. The first kappa shape index (κ1) is 17.8. The van der Waals surface area contributed by atoms with Crippen molar-refractivity contribution in [1.29, 1.82) is 0 Å². The minimum absolute atomic E-state index is 0.120. The van der Waals surface area contributed by atoms with Gasteiger partial charge in [0.1, 0.15) is 5.82 Å². The maximum Gasteiger partial charge on any atom is 0.241 e. The zero-order chi connectivity index (χ0) is 18.6. The Labute approximate surface area is 160 Å². The van der Waals surface area contributed by atoms with Crippen molar-refractivity contribution in [1.82, 2.24) is 15.0 Å². The first-order valence-electron chi connectivity index (χ1n) is 8.83. The second-order valence-corrected chi connectivity index (χ2v) is 7.46. The van der Waals surface area contributed by atoms with E-state index in [-0.39, 0.29) is 17.5 Å². The molecule has 0 unspecified atom stereocenters. The van der Waals surface area contributed by atoms with Crippen molar-refractivity contribution >= 4 is 22.9 Å². The number of halogens is 1. The van der Waals surface area contributed by atoms with Crippen LogP contribution in [0.1, 0.15) is 18.7 Å². The van der Waals surface area contributed by atoms with Crippen LogP contribution in [0.15, 0.2) is 46.3 Å². The van der Waals surface area contributed by atoms with Gasteiger partial charge in [-0.05, 0) is 49.5 Å². The lowest BCUT2D eigenvalue weighted by atomic mass is 9.96. The lowest BCUT2D eigenvalue weighted by molar-refractivity contribution is -0.121. The minimum atomic E-state index is -0.416. The Bertz CT molecular complexity index is 904. The molecule has 1 aliphatic rings. The summed E-state index contributed by atoms with van der Waals surface area (Å²) >= 11 is 1.57. The topological polar surface area (TPSA) is 71.3 Å². The maximum atomic E-state index is 13.7. The maximum absolute atomic E-state index is 13.7. The summed E-state index contributed by atoms with van der Waals surface area (Å²) < 4.78 is 19.0. The predicted octanol–water partition coefficient (Wildman–Crippen LogP) is 3.79. The Morgan fingerprint density at radius 1 is 1.26 bits per heavy atom. The van der Waals surface area contributed by atoms with Crippen molar-refractivity contribution in [3.63, 3.8) is 0 Å². The molecule has 0 radical (unpaired) electrons. The third kappa shape index (κ3) is 4.23. The molecule has 4 rings (SSSR count). The summed E-state index contributed by atoms with van der Waals surface area (Å²) in [7, 11) is 0. The van der Waals surface area contributed by atoms with E-state index < -0.39 is 5.82 Å². The van der Waals surface area contributed by atoms with E-state index in [9.17, 15) is 9.18 Å². The number of thiophene rings is 1. The lowest BCUT2D eigenvalue weighted by Gasteiger charge is -2.30. The molecule has 1 fully saturated rings. The van der Waals surface area contributed by atoms with Gasteiger partial charge in [-0.15, -0.1) is 11.3 Å². The molecule has 6 nitrogen and oxygen atoms in total. The summed E-state index contributed by atoms with van der Waals surface area (Å²) in [6.45, 7) is 2.08. The molecule has 0 atom stereocenters. The van der Waals surface area contributed by atoms with Crippen LogP contribution in [0.4, 0.5) is 10.1 Å². The SMILES string of the molecule is O=C(Nc1ccccc1F)C1CCN(Cc2nc(-c3cccs3)no2)CC1. The minimum Gasteiger partial charge on any atom is -0.338 e. The number of benzene rings is 1. The molecular formula is C19H19FN4O2S. The van der Waals surface area contributed by atoms with Crippen molar-refractivity contribution in [3.8, 4) is 10.7 Å². The average Bonchev–Trinajstić information content (AvgIpc) is 3.36. The normalized spacial score (nSPS) is 15.7. The standard InChI is InChI=1S/C19H19FN4O2S/c20-14-4-1-2-5-15(14)21-19(25)13-7-9-24(10-8-13)12-17-22-18(23-26-17)16-6-3-11-27-16/h1-6,11,13H,7-10,12H2,(H,21,25). The van der Waals surface area contributed by atoms with Gasteiger partial charge in [-0.1, -0.05) is 23.4 Å². The molecule has 0 bridgehead atoms. The molecule has 1 amide bonds. The van der Waals surface area contributed by atoms with E-state index >= 15 is 0 Å². The fraction of sp³-hybridized carbons (Fsp3) is 0.316. The quantitative estimate of drug-likeness (QED) is 0.722. The third-order valence-corrected chi connectivity index (χ3v) is 5.52. The molecule has 2 aromatic heterocycles. The summed E-state index contributed by atoms with van der Waals surface area (Å²) in [5.74, 6) is 0.524. The number of amides is 1. The Kier molecular flexibility index (Phi) is 5.26. The molecule has 1 aromatic carbocycles. The third-order valence-electron chi connectivity index (χ3n) is 4.66. The smallest absolute Gasteiger partial charge is 0.241 e. The van der Waals surface area contributed by atoms with Gasteiger partial charge in [-0.25, -0.2) is 4.39 Å². The van der Waals surface area contributed by atoms with Gasteiger partial charge in [0.15, 0.2) is 0 Å². The van der Waals surface area contributed by atoms with Crippen molar-refractivity contribution in [2.75, 3.05) is 18.4 Å². The average molecular weight is 386 g/mol. The van der Waals surface area contributed by atoms with E-state index in [1.54, 1.807) is 29.5 Å². The van der Waals surface area contributed by atoms with Crippen molar-refractivity contribution < 1.29 is 13.7 Å². The fourth-order valence-corrected chi connectivity index (χ4v) is 3.82. The van der Waals surface area contributed by atoms with Crippen LogP contribution in [0, 0.1) is 11.7 Å². The summed E-state index contributed by atoms with van der Waals surface area (Å²) in [6.07, 6.45) is 1.43. The lowest BCUT2D eigenvalue weighted by Crippen LogP contribution is -2.37. The number of likely N-dealkylation sites (tertiary alicyclic amines) is 1. The van der Waals surface area contributed by atoms with Crippen molar-refractivity contribution in [2.24, 2.45) is 5.92 Å². The van der Waals surface area contributed by atoms with E-state index in [1.165, 1.54) is 6.07 Å². The highest BCUT2D eigenvalue weighted by atomic mass is 32.1. The summed E-state index contributed by atoms with van der Waals surface area (Å²) in [5.41, 5.74) is 0.233. The molecule has 1 saturated heterocycles. The highest BCUT2D eigenvalue weighted by Crippen LogP contribution is 2.24. The highest BCUT2D eigenvalue weighted by Gasteiger charge is 2.26. The predicted molar refractivity (Wildman–Crippen MR) is 101 cm³/mol. The number of anilines is 1. The number of hydrogen-bond donors (Lipinski definition) is 1. The van der Waals surface area contributed by atoms with Crippen LogP contribution in [-0.4, -0.2) is 34.0 Å². The molecule has 3 heterocycles. The Morgan fingerprint density at radius 2 is 2.07 bits per heavy atom. The van der Waals surface area contributed by atoms with Gasteiger partial charge in [-0.2, -0.15) is 4.98 Å². The molecule has 0 spiro atoms. The van der Waals surface area contributed by atoms with Gasteiger partial charge in [0.2, 0.25) is 17.6 Å². The van der Waals surface area contributed by atoms with E-state index in [4.69, 9.17) is 4.52 Å². The summed E-state index contributed by atoms with van der Waals surface area (Å²) in [6, 6.07) is 10.1. The molecule has 0 saturated carbocycles. The number of piperidine rings is 1. The van der Waals surface area contributed by atoms with Gasteiger partial charge in [-0.3, -0.25) is 9.69 Å². The first-order valence-corrected chi connectivity index (χ1v) is 9.71. The van der Waals surface area contributed by atoms with Crippen LogP contribution in [0.2, 0.25) is 0 Å². The van der Waals surface area contributed by atoms with Crippen LogP contribution < -0.4 is 5.32 Å². The molecule has 1 aliphatic heterocycles. The van der Waals surface area contributed by atoms with E-state index in [2.05, 4.69) is 20.4 Å². The van der Waals surface area contributed by atoms with Gasteiger partial charge >= 0.3 is 0 Å². The molecule has 140 valence electrons. The summed E-state index contributed by atoms with van der Waals surface area (Å²) in [5, 5.41) is 8.69. The highest BCUT2D eigenvalue weighted by molar-refractivity contribution is 7.13. The summed E-state index contributed by atoms with van der Waals surface area (Å²) in [4.78, 5) is 20.0. The molecule has 8 heteroatoms. The molecular weight excluding hydrogens is 367 g/mol.